The number of hydrogen-bond acceptors (Lipinski definition) is 3. The summed E-state index contributed by atoms with van der Waals surface area (Å²) in [5, 5.41) is 12.7. The summed E-state index contributed by atoms with van der Waals surface area (Å²) in [5.74, 6) is 0.0459. The second kappa shape index (κ2) is 6.70. The lowest BCUT2D eigenvalue weighted by Crippen LogP contribution is -2.15. The van der Waals surface area contributed by atoms with Crippen LogP contribution in [0, 0.1) is 0 Å². The number of aromatic amines is 1. The molecule has 0 saturated carbocycles. The van der Waals surface area contributed by atoms with Crippen LogP contribution in [-0.2, 0) is 4.79 Å². The summed E-state index contributed by atoms with van der Waals surface area (Å²) in [6.45, 7) is 0.853. The van der Waals surface area contributed by atoms with Crippen LogP contribution in [0.1, 0.15) is 12.8 Å². The zero-order valence-electron chi connectivity index (χ0n) is 10.9. The van der Waals surface area contributed by atoms with Crippen molar-refractivity contribution in [2.75, 3.05) is 18.9 Å². The average molecular weight is 258 g/mol. The molecule has 1 aromatic heterocycles. The monoisotopic (exact) mass is 258 g/mol. The van der Waals surface area contributed by atoms with Crippen LogP contribution >= 0.6 is 0 Å². The van der Waals surface area contributed by atoms with Crippen LogP contribution in [0.3, 0.4) is 0 Å². The summed E-state index contributed by atoms with van der Waals surface area (Å²) < 4.78 is 0. The Morgan fingerprint density at radius 3 is 2.68 bits per heavy atom. The van der Waals surface area contributed by atoms with Gasteiger partial charge in [-0.15, -0.1) is 0 Å². The number of nitrogens with zero attached hydrogens (tertiary/aromatic N) is 1. The molecule has 5 heteroatoms. The molecule has 2 rings (SSSR count). The first-order valence-electron chi connectivity index (χ1n) is 6.34. The fourth-order valence-corrected chi connectivity index (χ4v) is 1.80. The largest absolute Gasteiger partial charge is 0.326 e. The maximum Gasteiger partial charge on any atom is 0.224 e. The molecule has 0 bridgehead atoms. The molecule has 1 heterocycles. The Kier molecular flexibility index (Phi) is 4.69. The standard InChI is InChI=1S/C14H18N4O/c1-15-9-2-3-14(19)17-12-6-4-11(5-7-12)13-8-10-16-18-13/h4-8,10,15H,2-3,9H2,1H3,(H,16,18)(H,17,19). The van der Waals surface area contributed by atoms with Crippen LogP contribution in [0.5, 0.6) is 0 Å². The lowest BCUT2D eigenvalue weighted by Gasteiger charge is -2.06. The van der Waals surface area contributed by atoms with Gasteiger partial charge in [-0.2, -0.15) is 5.10 Å². The molecule has 19 heavy (non-hydrogen) atoms. The minimum absolute atomic E-state index is 0.0459. The maximum absolute atomic E-state index is 11.6. The highest BCUT2D eigenvalue weighted by atomic mass is 16.1. The van der Waals surface area contributed by atoms with Crippen molar-refractivity contribution >= 4 is 11.6 Å². The molecule has 0 aliphatic heterocycles. The van der Waals surface area contributed by atoms with Crippen LogP contribution in [0.4, 0.5) is 5.69 Å². The van der Waals surface area contributed by atoms with Gasteiger partial charge < -0.3 is 10.6 Å². The highest BCUT2D eigenvalue weighted by molar-refractivity contribution is 5.90. The number of H-pyrrole nitrogens is 1. The topological polar surface area (TPSA) is 69.8 Å². The zero-order valence-corrected chi connectivity index (χ0v) is 10.9. The van der Waals surface area contributed by atoms with Crippen LogP contribution in [0.25, 0.3) is 11.3 Å². The Hall–Kier alpha value is -2.14. The summed E-state index contributed by atoms with van der Waals surface area (Å²) in [5.41, 5.74) is 2.83. The number of benzene rings is 1. The predicted octanol–water partition coefficient (Wildman–Crippen LogP) is 2.01. The summed E-state index contributed by atoms with van der Waals surface area (Å²) in [6, 6.07) is 9.61. The molecular formula is C14H18N4O. The number of nitrogens with one attached hydrogen (secondary N) is 3. The van der Waals surface area contributed by atoms with E-state index in [9.17, 15) is 4.79 Å². The molecular weight excluding hydrogens is 240 g/mol. The van der Waals surface area contributed by atoms with Crippen molar-refractivity contribution in [1.29, 1.82) is 0 Å². The zero-order chi connectivity index (χ0) is 13.5. The van der Waals surface area contributed by atoms with Crippen molar-refractivity contribution in [1.82, 2.24) is 15.5 Å². The molecule has 1 aromatic carbocycles. The number of aromatic nitrogens is 2. The van der Waals surface area contributed by atoms with Crippen molar-refractivity contribution in [2.45, 2.75) is 12.8 Å². The molecule has 0 atom stereocenters. The fraction of sp³-hybridized carbons (Fsp3) is 0.286. The second-order valence-electron chi connectivity index (χ2n) is 4.30. The molecule has 0 saturated heterocycles. The van der Waals surface area contributed by atoms with E-state index in [1.165, 1.54) is 0 Å². The number of rotatable bonds is 6. The lowest BCUT2D eigenvalue weighted by atomic mass is 10.1. The van der Waals surface area contributed by atoms with Crippen molar-refractivity contribution in [3.05, 3.63) is 36.5 Å². The molecule has 0 radical (unpaired) electrons. The van der Waals surface area contributed by atoms with Gasteiger partial charge in [-0.1, -0.05) is 12.1 Å². The smallest absolute Gasteiger partial charge is 0.224 e. The Balaban J connectivity index is 1.90. The van der Waals surface area contributed by atoms with E-state index in [1.807, 2.05) is 37.4 Å². The quantitative estimate of drug-likeness (QED) is 0.694. The SMILES string of the molecule is CNCCCC(=O)Nc1ccc(-c2ccn[nH]2)cc1. The normalized spacial score (nSPS) is 10.4. The van der Waals surface area contributed by atoms with Crippen molar-refractivity contribution in [3.8, 4) is 11.3 Å². The number of amides is 1. The molecule has 0 unspecified atom stereocenters. The maximum atomic E-state index is 11.6. The summed E-state index contributed by atoms with van der Waals surface area (Å²) in [4.78, 5) is 11.6. The molecule has 100 valence electrons. The predicted molar refractivity (Wildman–Crippen MR) is 75.8 cm³/mol. The lowest BCUT2D eigenvalue weighted by molar-refractivity contribution is -0.116. The highest BCUT2D eigenvalue weighted by Crippen LogP contribution is 2.18. The van der Waals surface area contributed by atoms with Gasteiger partial charge in [-0.3, -0.25) is 9.89 Å². The van der Waals surface area contributed by atoms with Gasteiger partial charge in [0, 0.05) is 18.3 Å². The molecule has 0 fully saturated rings. The van der Waals surface area contributed by atoms with E-state index < -0.39 is 0 Å². The van der Waals surface area contributed by atoms with E-state index in [0.29, 0.717) is 6.42 Å². The number of carbonyl (C=O) groups excluding carboxylic acids is 1. The first kappa shape index (κ1) is 13.3. The van der Waals surface area contributed by atoms with Crippen LogP contribution < -0.4 is 10.6 Å². The number of hydrogen-bond donors (Lipinski definition) is 3. The Morgan fingerprint density at radius 1 is 1.26 bits per heavy atom. The second-order valence-corrected chi connectivity index (χ2v) is 4.30. The van der Waals surface area contributed by atoms with Gasteiger partial charge in [-0.25, -0.2) is 0 Å². The molecule has 5 nitrogen and oxygen atoms in total. The summed E-state index contributed by atoms with van der Waals surface area (Å²) in [6.07, 6.45) is 3.09. The minimum atomic E-state index is 0.0459. The van der Waals surface area contributed by atoms with Crippen LogP contribution in [-0.4, -0.2) is 29.7 Å². The van der Waals surface area contributed by atoms with Gasteiger partial charge >= 0.3 is 0 Å². The Morgan fingerprint density at radius 2 is 2.05 bits per heavy atom. The van der Waals surface area contributed by atoms with Crippen molar-refractivity contribution in [2.24, 2.45) is 0 Å². The van der Waals surface area contributed by atoms with Gasteiger partial charge in [0.2, 0.25) is 5.91 Å². The first-order chi connectivity index (χ1) is 9.29. The van der Waals surface area contributed by atoms with E-state index in [0.717, 1.165) is 29.9 Å². The van der Waals surface area contributed by atoms with E-state index in [1.54, 1.807) is 6.20 Å². The van der Waals surface area contributed by atoms with E-state index in [4.69, 9.17) is 0 Å². The van der Waals surface area contributed by atoms with Gasteiger partial charge in [-0.05, 0) is 43.8 Å². The third-order valence-electron chi connectivity index (χ3n) is 2.81. The van der Waals surface area contributed by atoms with Gasteiger partial charge in [0.1, 0.15) is 0 Å². The average Bonchev–Trinajstić information content (AvgIpc) is 2.94. The molecule has 0 spiro atoms. The molecule has 0 aliphatic carbocycles. The van der Waals surface area contributed by atoms with Crippen molar-refractivity contribution < 1.29 is 4.79 Å². The Labute approximate surface area is 112 Å². The summed E-state index contributed by atoms with van der Waals surface area (Å²) in [7, 11) is 1.88. The first-order valence-corrected chi connectivity index (χ1v) is 6.34. The van der Waals surface area contributed by atoms with E-state index in [-0.39, 0.29) is 5.91 Å². The highest BCUT2D eigenvalue weighted by Gasteiger charge is 2.03. The molecule has 2 aromatic rings. The van der Waals surface area contributed by atoms with Crippen LogP contribution in [0.15, 0.2) is 36.5 Å². The van der Waals surface area contributed by atoms with Crippen LogP contribution in [0.2, 0.25) is 0 Å². The Bertz CT molecular complexity index is 505. The van der Waals surface area contributed by atoms with Gasteiger partial charge in [0.05, 0.1) is 5.69 Å². The fourth-order valence-electron chi connectivity index (χ4n) is 1.80. The van der Waals surface area contributed by atoms with E-state index >= 15 is 0 Å². The van der Waals surface area contributed by atoms with E-state index in [2.05, 4.69) is 20.8 Å². The molecule has 0 aliphatic rings. The van der Waals surface area contributed by atoms with Crippen molar-refractivity contribution in [3.63, 3.8) is 0 Å². The molecule has 3 N–H and O–H groups in total. The third kappa shape index (κ3) is 3.93. The van der Waals surface area contributed by atoms with Gasteiger partial charge in [0.15, 0.2) is 0 Å². The minimum Gasteiger partial charge on any atom is -0.326 e. The number of carbonyl (C=O) groups is 1. The molecule has 1 amide bonds. The third-order valence-corrected chi connectivity index (χ3v) is 2.81. The number of anilines is 1. The van der Waals surface area contributed by atoms with Gasteiger partial charge in [0.25, 0.3) is 0 Å². The summed E-state index contributed by atoms with van der Waals surface area (Å²) >= 11 is 0.